The molecule has 0 spiro atoms. The minimum absolute atomic E-state index is 0.0934. The van der Waals surface area contributed by atoms with Crippen molar-refractivity contribution in [3.63, 3.8) is 0 Å². The average molecular weight is 412 g/mol. The summed E-state index contributed by atoms with van der Waals surface area (Å²) in [5, 5.41) is 0.382. The highest BCUT2D eigenvalue weighted by Crippen LogP contribution is 2.34. The second-order valence-corrected chi connectivity index (χ2v) is 7.97. The monoisotopic (exact) mass is 411 g/mol. The summed E-state index contributed by atoms with van der Waals surface area (Å²) in [7, 11) is 0. The van der Waals surface area contributed by atoms with E-state index in [1.54, 1.807) is 35.2 Å². The molecule has 150 valence electrons. The zero-order chi connectivity index (χ0) is 20.4. The Hall–Kier alpha value is -2.66. The van der Waals surface area contributed by atoms with Crippen molar-refractivity contribution in [1.82, 2.24) is 4.90 Å². The summed E-state index contributed by atoms with van der Waals surface area (Å²) in [6.45, 7) is 0.664. The zero-order valence-corrected chi connectivity index (χ0v) is 16.8. The number of carbonyl (C=O) groups excluding carboxylic acids is 3. The smallest absolute Gasteiger partial charge is 0.255 e. The number of carbonyl (C=O) groups is 3. The molecule has 0 saturated heterocycles. The number of hydrogen-bond donors (Lipinski definition) is 0. The second kappa shape index (κ2) is 8.37. The maximum absolute atomic E-state index is 13.0. The van der Waals surface area contributed by atoms with Gasteiger partial charge < -0.3 is 9.64 Å². The Bertz CT molecular complexity index is 971. The minimum Gasteiger partial charge on any atom is -0.489 e. The Balaban J connectivity index is 1.53. The number of fused-ring (bicyclic) bond motifs is 1. The van der Waals surface area contributed by atoms with Crippen LogP contribution in [0.15, 0.2) is 36.4 Å². The van der Waals surface area contributed by atoms with Gasteiger partial charge in [0.15, 0.2) is 12.1 Å². The van der Waals surface area contributed by atoms with Crippen molar-refractivity contribution < 1.29 is 19.1 Å². The van der Waals surface area contributed by atoms with Gasteiger partial charge in [-0.1, -0.05) is 36.6 Å². The molecule has 0 radical (unpaired) electrons. The third-order valence-corrected chi connectivity index (χ3v) is 6.01. The number of amides is 1. The number of nitrogens with zero attached hydrogens (tertiary/aromatic N) is 1. The van der Waals surface area contributed by atoms with Gasteiger partial charge in [0.05, 0.1) is 17.6 Å². The van der Waals surface area contributed by atoms with Crippen molar-refractivity contribution in [3.05, 3.63) is 63.7 Å². The third kappa shape index (κ3) is 3.92. The van der Waals surface area contributed by atoms with Gasteiger partial charge in [-0.15, -0.1) is 0 Å². The predicted octanol–water partition coefficient (Wildman–Crippen LogP) is 4.59. The molecule has 0 bridgehead atoms. The van der Waals surface area contributed by atoms with Gasteiger partial charge in [0, 0.05) is 23.1 Å². The maximum Gasteiger partial charge on any atom is 0.255 e. The van der Waals surface area contributed by atoms with Gasteiger partial charge >= 0.3 is 0 Å². The average Bonchev–Trinajstić information content (AvgIpc) is 2.91. The number of Topliss-reactive ketones (excluding diaryl/α,β-unsaturated/α-hetero) is 1. The molecule has 4 rings (SSSR count). The summed E-state index contributed by atoms with van der Waals surface area (Å²) in [6.07, 6.45) is 4.91. The van der Waals surface area contributed by atoms with Gasteiger partial charge in [-0.3, -0.25) is 14.4 Å². The number of benzene rings is 2. The van der Waals surface area contributed by atoms with Crippen molar-refractivity contribution in [2.75, 3.05) is 0 Å². The molecule has 0 aromatic heterocycles. The highest BCUT2D eigenvalue weighted by Gasteiger charge is 2.37. The summed E-state index contributed by atoms with van der Waals surface area (Å²) < 4.78 is 5.99. The van der Waals surface area contributed by atoms with Crippen LogP contribution in [0.25, 0.3) is 0 Å². The van der Waals surface area contributed by atoms with Crippen molar-refractivity contribution in [2.45, 2.75) is 51.3 Å². The first-order chi connectivity index (χ1) is 14.1. The quantitative estimate of drug-likeness (QED) is 0.533. The molecule has 2 aromatic rings. The molecule has 2 aromatic carbocycles. The van der Waals surface area contributed by atoms with Crippen LogP contribution in [0.4, 0.5) is 0 Å². The van der Waals surface area contributed by atoms with Crippen molar-refractivity contribution in [1.29, 1.82) is 0 Å². The van der Waals surface area contributed by atoms with Gasteiger partial charge in [-0.2, -0.15) is 0 Å². The van der Waals surface area contributed by atoms with Crippen LogP contribution in [-0.2, 0) is 17.9 Å². The van der Waals surface area contributed by atoms with Crippen LogP contribution in [0.1, 0.15) is 63.9 Å². The highest BCUT2D eigenvalue weighted by atomic mass is 35.5. The third-order valence-electron chi connectivity index (χ3n) is 5.69. The number of aldehydes is 1. The van der Waals surface area contributed by atoms with Crippen LogP contribution in [-0.4, -0.2) is 28.9 Å². The van der Waals surface area contributed by atoms with E-state index >= 15 is 0 Å². The Morgan fingerprint density at radius 2 is 2.00 bits per heavy atom. The number of halogens is 1. The lowest BCUT2D eigenvalue weighted by molar-refractivity contribution is -0.123. The lowest BCUT2D eigenvalue weighted by Crippen LogP contribution is -2.40. The number of hydrogen-bond acceptors (Lipinski definition) is 4. The van der Waals surface area contributed by atoms with E-state index in [0.717, 1.165) is 36.8 Å². The number of ketones is 1. The van der Waals surface area contributed by atoms with Crippen molar-refractivity contribution in [2.24, 2.45) is 0 Å². The molecule has 0 unspecified atom stereocenters. The topological polar surface area (TPSA) is 63.7 Å². The van der Waals surface area contributed by atoms with E-state index in [-0.39, 0.29) is 24.3 Å². The largest absolute Gasteiger partial charge is 0.489 e. The fraction of sp³-hybridized carbons (Fsp3) is 0.348. The normalized spacial score (nSPS) is 19.1. The fourth-order valence-corrected chi connectivity index (χ4v) is 4.35. The van der Waals surface area contributed by atoms with Gasteiger partial charge in [0.2, 0.25) is 0 Å². The Morgan fingerprint density at radius 3 is 2.79 bits per heavy atom. The van der Waals surface area contributed by atoms with Gasteiger partial charge in [-0.25, -0.2) is 0 Å². The summed E-state index contributed by atoms with van der Waals surface area (Å²) in [5.74, 6) is 0.704. The molecule has 1 fully saturated rings. The molecule has 1 aliphatic carbocycles. The molecular weight excluding hydrogens is 390 g/mol. The summed E-state index contributed by atoms with van der Waals surface area (Å²) >= 11 is 6.09. The van der Waals surface area contributed by atoms with Gasteiger partial charge in [0.1, 0.15) is 12.4 Å². The van der Waals surface area contributed by atoms with Crippen molar-refractivity contribution >= 4 is 29.6 Å². The fourth-order valence-electron chi connectivity index (χ4n) is 4.10. The molecule has 0 N–H and O–H groups in total. The van der Waals surface area contributed by atoms with E-state index in [9.17, 15) is 14.4 Å². The highest BCUT2D eigenvalue weighted by molar-refractivity contribution is 6.33. The predicted molar refractivity (Wildman–Crippen MR) is 109 cm³/mol. The summed E-state index contributed by atoms with van der Waals surface area (Å²) in [6, 6.07) is 10.3. The Kier molecular flexibility index (Phi) is 5.67. The molecular formula is C23H22ClNO4. The second-order valence-electron chi connectivity index (χ2n) is 7.56. The summed E-state index contributed by atoms with van der Waals surface area (Å²) in [5.41, 5.74) is 2.70. The Morgan fingerprint density at radius 1 is 1.14 bits per heavy atom. The van der Waals surface area contributed by atoms with Crippen LogP contribution in [0.2, 0.25) is 5.02 Å². The van der Waals surface area contributed by atoms with E-state index in [0.29, 0.717) is 41.2 Å². The molecule has 1 heterocycles. The Labute approximate surface area is 174 Å². The molecule has 1 aliphatic heterocycles. The standard InChI is InChI=1S/C23H22ClNO4/c24-19-11-15(9-10-16(19)13-26)14-29-22-8-4-5-17-18(22)12-25(23(17)28)20-6-2-1-3-7-21(20)27/h4-5,8-11,13,20H,1-3,6-7,12,14H2/t20-/m0/s1. The first kappa shape index (κ1) is 19.6. The molecule has 2 aliphatic rings. The molecule has 29 heavy (non-hydrogen) atoms. The maximum atomic E-state index is 13.0. The first-order valence-corrected chi connectivity index (χ1v) is 10.3. The molecule has 1 amide bonds. The lowest BCUT2D eigenvalue weighted by atomic mass is 10.1. The van der Waals surface area contributed by atoms with E-state index in [1.807, 2.05) is 6.07 Å². The summed E-state index contributed by atoms with van der Waals surface area (Å²) in [4.78, 5) is 38.1. The van der Waals surface area contributed by atoms with Crippen LogP contribution < -0.4 is 4.74 Å². The SMILES string of the molecule is O=Cc1ccc(COc2cccc3c2CN([C@H]2CCCCCC2=O)C3=O)cc1Cl. The van der Waals surface area contributed by atoms with Crippen LogP contribution in [0, 0.1) is 0 Å². The molecule has 1 atom stereocenters. The molecule has 5 nitrogen and oxygen atoms in total. The van der Waals surface area contributed by atoms with Crippen LogP contribution >= 0.6 is 11.6 Å². The van der Waals surface area contributed by atoms with E-state index in [4.69, 9.17) is 16.3 Å². The number of rotatable bonds is 5. The van der Waals surface area contributed by atoms with E-state index < -0.39 is 0 Å². The number of ether oxygens (including phenoxy) is 1. The minimum atomic E-state index is -0.333. The van der Waals surface area contributed by atoms with E-state index in [1.165, 1.54) is 0 Å². The van der Waals surface area contributed by atoms with Crippen molar-refractivity contribution in [3.8, 4) is 5.75 Å². The molecule has 6 heteroatoms. The van der Waals surface area contributed by atoms with Crippen LogP contribution in [0.5, 0.6) is 5.75 Å². The zero-order valence-electron chi connectivity index (χ0n) is 16.0. The van der Waals surface area contributed by atoms with Gasteiger partial charge in [-0.05, 0) is 42.7 Å². The van der Waals surface area contributed by atoms with Crippen LogP contribution in [0.3, 0.4) is 0 Å². The van der Waals surface area contributed by atoms with Gasteiger partial charge in [0.25, 0.3) is 5.91 Å². The molecule has 1 saturated carbocycles. The lowest BCUT2D eigenvalue weighted by Gasteiger charge is -2.25. The van der Waals surface area contributed by atoms with E-state index in [2.05, 4.69) is 0 Å². The first-order valence-electron chi connectivity index (χ1n) is 9.90.